The summed E-state index contributed by atoms with van der Waals surface area (Å²) < 4.78 is 301. The van der Waals surface area contributed by atoms with Gasteiger partial charge in [0.15, 0.2) is 76.0 Å². The van der Waals surface area contributed by atoms with Crippen LogP contribution in [0.15, 0.2) is 48.9 Å². The highest BCUT2D eigenvalue weighted by atomic mass is 19.2. The van der Waals surface area contributed by atoms with Crippen LogP contribution in [0.1, 0.15) is 131 Å². The number of carbonyl (C=O) groups excluding carboxylic acids is 2. The molecule has 1 aromatic heterocycles. The average Bonchev–Trinajstić information content (AvgIpc) is 2.46. The molecule has 438 valence electrons. The highest BCUT2D eigenvalue weighted by molar-refractivity contribution is 7.20. The Hall–Kier alpha value is -7.02. The van der Waals surface area contributed by atoms with E-state index in [1.807, 2.05) is 18.2 Å². The van der Waals surface area contributed by atoms with Gasteiger partial charge in [0.2, 0.25) is 24.2 Å². The summed E-state index contributed by atoms with van der Waals surface area (Å²) in [5.41, 5.74) is -13.5. The maximum Gasteiger partial charge on any atom is 0.363 e. The number of hydrogen-bond acceptors (Lipinski definition) is 4. The van der Waals surface area contributed by atoms with E-state index < -0.39 is 150 Å². The number of aromatic nitrogens is 2. The van der Waals surface area contributed by atoms with Crippen LogP contribution in [0.5, 0.6) is 0 Å². The third-order valence-electron chi connectivity index (χ3n) is 13.3. The molecule has 0 unspecified atom stereocenters. The first-order chi connectivity index (χ1) is 38.4. The summed E-state index contributed by atoms with van der Waals surface area (Å²) in [5, 5.41) is 0. The van der Waals surface area contributed by atoms with E-state index >= 15 is 35.1 Å². The molecule has 0 aliphatic heterocycles. The van der Waals surface area contributed by atoms with Crippen LogP contribution in [0.25, 0.3) is 0 Å². The number of benzene rings is 5. The summed E-state index contributed by atoms with van der Waals surface area (Å²) in [6.07, 6.45) is 18.6. The Bertz CT molecular complexity index is 2840. The van der Waals surface area contributed by atoms with Crippen LogP contribution in [-0.4, -0.2) is 29.5 Å². The van der Waals surface area contributed by atoms with Gasteiger partial charge >= 0.3 is 5.97 Å². The number of unbranched alkanes of at least 4 members (excludes halogenated alkanes) is 15. The van der Waals surface area contributed by atoms with E-state index in [-0.39, 0.29) is 18.0 Å². The van der Waals surface area contributed by atoms with Gasteiger partial charge in [0, 0.05) is 5.56 Å². The third kappa shape index (κ3) is 14.0. The van der Waals surface area contributed by atoms with Crippen molar-refractivity contribution in [2.24, 2.45) is 0 Å². The Morgan fingerprint density at radius 3 is 1.00 bits per heavy atom. The second kappa shape index (κ2) is 29.1. The lowest BCUT2D eigenvalue weighted by atomic mass is 9.12. The predicted octanol–water partition coefficient (Wildman–Crippen LogP) is 13.5. The second-order valence-electron chi connectivity index (χ2n) is 18.6. The topological polar surface area (TPSA) is 60.1 Å². The average molecular weight is 1170 g/mol. The molecule has 81 heavy (non-hydrogen) atoms. The van der Waals surface area contributed by atoms with Gasteiger partial charge in [-0.1, -0.05) is 134 Å². The molecular weight excluding hydrogens is 1130 g/mol. The Kier molecular flexibility index (Phi) is 23.3. The largest absolute Gasteiger partial charge is 0.461 e. The normalized spacial score (nSPS) is 11.5. The van der Waals surface area contributed by atoms with Gasteiger partial charge in [-0.25, -0.2) is 97.6 Å². The van der Waals surface area contributed by atoms with E-state index in [0.29, 0.717) is 12.2 Å². The van der Waals surface area contributed by atoms with E-state index in [4.69, 9.17) is 4.74 Å². The van der Waals surface area contributed by atoms with E-state index in [2.05, 4.69) is 11.9 Å². The summed E-state index contributed by atoms with van der Waals surface area (Å²) in [4.78, 5) is 28.8. The fourth-order valence-corrected chi connectivity index (χ4v) is 9.28. The van der Waals surface area contributed by atoms with Crippen molar-refractivity contribution in [2.75, 3.05) is 6.61 Å². The molecule has 0 saturated heterocycles. The van der Waals surface area contributed by atoms with Crippen molar-refractivity contribution in [3.63, 3.8) is 0 Å². The zero-order chi connectivity index (χ0) is 60.0. The van der Waals surface area contributed by atoms with E-state index in [1.165, 1.54) is 96.1 Å². The van der Waals surface area contributed by atoms with Crippen LogP contribution in [-0.2, 0) is 11.3 Å². The molecule has 0 aliphatic carbocycles. The smallest absolute Gasteiger partial charge is 0.363 e. The number of esters is 1. The number of ether oxygens (including phenoxy) is 1. The minimum Gasteiger partial charge on any atom is -0.461 e. The van der Waals surface area contributed by atoms with Gasteiger partial charge in [0.1, 0.15) is 52.7 Å². The van der Waals surface area contributed by atoms with Gasteiger partial charge in [-0.05, 0) is 6.42 Å². The minimum absolute atomic E-state index is 0.0146. The number of nitrogens with zero attached hydrogens (tertiary/aromatic N) is 2. The van der Waals surface area contributed by atoms with Crippen LogP contribution in [0.3, 0.4) is 0 Å². The predicted molar refractivity (Wildman–Crippen MR) is 254 cm³/mol. The van der Waals surface area contributed by atoms with Crippen molar-refractivity contribution < 1.29 is 107 Å². The van der Waals surface area contributed by atoms with Gasteiger partial charge in [-0.2, -0.15) is 4.57 Å². The van der Waals surface area contributed by atoms with Crippen molar-refractivity contribution in [3.05, 3.63) is 177 Å². The van der Waals surface area contributed by atoms with Gasteiger partial charge in [-0.3, -0.25) is 4.79 Å². The van der Waals surface area contributed by atoms with E-state index in [0.717, 1.165) is 12.8 Å². The molecule has 5 aromatic carbocycles. The molecule has 6 rings (SSSR count). The van der Waals surface area contributed by atoms with Gasteiger partial charge in [0.05, 0.1) is 12.8 Å². The molecule has 0 saturated carbocycles. The number of ketones is 1. The summed E-state index contributed by atoms with van der Waals surface area (Å²) >= 11 is 0. The van der Waals surface area contributed by atoms with Crippen LogP contribution >= 0.6 is 0 Å². The number of carbonyl (C=O) groups is 2. The van der Waals surface area contributed by atoms with Crippen LogP contribution in [0.2, 0.25) is 0 Å². The Morgan fingerprint density at radius 1 is 0.407 bits per heavy atom. The zero-order valence-electron chi connectivity index (χ0n) is 42.6. The molecule has 1 heterocycles. The zero-order valence-corrected chi connectivity index (χ0v) is 42.6. The first-order valence-electron chi connectivity index (χ1n) is 25.2. The molecule has 0 bridgehead atoms. The molecule has 0 amide bonds. The van der Waals surface area contributed by atoms with Crippen LogP contribution < -0.4 is 26.4 Å². The number of Topliss-reactive ketones (excluding diaryl/α,β-unsaturated/α-hetero) is 1. The Morgan fingerprint density at radius 2 is 0.691 bits per heavy atom. The van der Waals surface area contributed by atoms with Gasteiger partial charge < -0.3 is 4.74 Å². The molecule has 6 aromatic rings. The van der Waals surface area contributed by atoms with E-state index in [9.17, 15) is 62.3 Å². The quantitative estimate of drug-likeness (QED) is 0.00838. The molecule has 0 aliphatic rings. The van der Waals surface area contributed by atoms with Crippen molar-refractivity contribution in [2.45, 2.75) is 116 Å². The third-order valence-corrected chi connectivity index (χ3v) is 13.3. The van der Waals surface area contributed by atoms with Crippen molar-refractivity contribution in [1.82, 2.24) is 4.98 Å². The maximum atomic E-state index is 15.4. The fourth-order valence-electron chi connectivity index (χ4n) is 9.28. The molecule has 0 spiro atoms. The Labute approximate surface area is 449 Å². The Balaban J connectivity index is 0.000000305. The molecule has 5 nitrogen and oxygen atoms in total. The lowest BCUT2D eigenvalue weighted by molar-refractivity contribution is -0.683. The van der Waals surface area contributed by atoms with E-state index in [1.54, 1.807) is 29.1 Å². The van der Waals surface area contributed by atoms with Gasteiger partial charge in [-0.15, -0.1) is 21.9 Å². The summed E-state index contributed by atoms with van der Waals surface area (Å²) in [6, 6.07) is 9.14. The lowest BCUT2D eigenvalue weighted by Gasteiger charge is -2.44. The molecule has 0 atom stereocenters. The fraction of sp³-hybridized carbons (Fsp3) is 0.345. The SMILES string of the molecule is CCCCCCCCCCCCCCCCCCOC(=O)c1c[n+](CC(=O)c2ccccc2)ccn1.Fc1c(F)c(F)c([B-](c2c(F)c(F)c(F)c(F)c2F)(c2c(F)c(F)c(F)c(F)c2F)c2c(F)c(F)c(F)c(F)c2F)c(F)c1F. The molecule has 26 heteroatoms. The lowest BCUT2D eigenvalue weighted by Crippen LogP contribution is -2.81. The molecule has 0 fully saturated rings. The highest BCUT2D eigenvalue weighted by Crippen LogP contribution is 2.31. The summed E-state index contributed by atoms with van der Waals surface area (Å²) in [5.74, 6) is -71.9. The number of halogens is 20. The molecule has 0 radical (unpaired) electrons. The standard InChI is InChI=1S/C31H47N2O3.C24BF20/c1-2-3-4-5-6-7-8-9-10-11-12-13-14-15-16-20-25-36-31(35)29-26-33(24-23-32-29)27-30(34)28-21-18-17-19-22-28;26-5-1(6(27)14(35)21(42)13(5)34)25(2-7(28)15(36)22(43)16(37)8(2)29,3-9(30)17(38)23(44)18(39)10(3)31)4-11(32)19(40)24(45)20(41)12(4)33/h17-19,21-24,26H,2-16,20,25,27H2,1H3;/q+1;-1. The second-order valence-corrected chi connectivity index (χ2v) is 18.6. The van der Waals surface area contributed by atoms with Gasteiger partial charge in [0.25, 0.3) is 0 Å². The monoisotopic (exact) mass is 1170 g/mol. The van der Waals surface area contributed by atoms with Crippen molar-refractivity contribution >= 4 is 39.7 Å². The van der Waals surface area contributed by atoms with Crippen LogP contribution in [0, 0.1) is 116 Å². The first-order valence-corrected chi connectivity index (χ1v) is 25.2. The van der Waals surface area contributed by atoms with Crippen LogP contribution in [0.4, 0.5) is 87.8 Å². The summed E-state index contributed by atoms with van der Waals surface area (Å²) in [6.45, 7) is 2.85. The first kappa shape index (κ1) is 64.8. The number of rotatable bonds is 25. The maximum absolute atomic E-state index is 15.4. The molecular formula is C55H47BF20N2O3. The highest BCUT2D eigenvalue weighted by Gasteiger charge is 2.52. The number of hydrogen-bond donors (Lipinski definition) is 0. The van der Waals surface area contributed by atoms with Crippen molar-refractivity contribution in [3.8, 4) is 0 Å². The summed E-state index contributed by atoms with van der Waals surface area (Å²) in [7, 11) is 0. The van der Waals surface area contributed by atoms with Crippen molar-refractivity contribution in [1.29, 1.82) is 0 Å². The minimum atomic E-state index is -7.22. The molecule has 0 N–H and O–H groups in total.